The van der Waals surface area contributed by atoms with Gasteiger partial charge in [-0.15, -0.1) is 0 Å². The molecule has 0 bridgehead atoms. The van der Waals surface area contributed by atoms with Crippen molar-refractivity contribution >= 4 is 5.97 Å². The molecular formula is C14H28N2O2. The lowest BCUT2D eigenvalue weighted by Gasteiger charge is -2.42. The molecule has 0 aromatic carbocycles. The molecule has 0 heterocycles. The van der Waals surface area contributed by atoms with Crippen molar-refractivity contribution in [3.63, 3.8) is 0 Å². The van der Waals surface area contributed by atoms with Gasteiger partial charge in [0.1, 0.15) is 5.54 Å². The van der Waals surface area contributed by atoms with Crippen LogP contribution in [0.25, 0.3) is 0 Å². The number of nitrogens with zero attached hydrogens (tertiary/aromatic N) is 1. The summed E-state index contributed by atoms with van der Waals surface area (Å²) < 4.78 is 0. The van der Waals surface area contributed by atoms with E-state index in [1.54, 1.807) is 7.05 Å². The van der Waals surface area contributed by atoms with Crippen LogP contribution in [-0.4, -0.2) is 47.7 Å². The lowest BCUT2D eigenvalue weighted by atomic mass is 9.78. The summed E-state index contributed by atoms with van der Waals surface area (Å²) in [7, 11) is 1.78. The third-order valence-corrected chi connectivity index (χ3v) is 4.33. The fourth-order valence-electron chi connectivity index (χ4n) is 3.05. The second kappa shape index (κ2) is 7.10. The highest BCUT2D eigenvalue weighted by Gasteiger charge is 2.42. The van der Waals surface area contributed by atoms with Crippen molar-refractivity contribution in [2.24, 2.45) is 0 Å². The first-order chi connectivity index (χ1) is 8.59. The van der Waals surface area contributed by atoms with Crippen molar-refractivity contribution in [1.82, 2.24) is 10.2 Å². The number of aliphatic carboxylic acids is 1. The topological polar surface area (TPSA) is 52.6 Å². The fourth-order valence-corrected chi connectivity index (χ4v) is 3.05. The van der Waals surface area contributed by atoms with E-state index in [-0.39, 0.29) is 0 Å². The van der Waals surface area contributed by atoms with Crippen molar-refractivity contribution in [1.29, 1.82) is 0 Å². The SMILES string of the molecule is CCCCN(CC)C1CCCC(NC)(C(=O)O)C1. The zero-order valence-corrected chi connectivity index (χ0v) is 12.0. The average molecular weight is 256 g/mol. The largest absolute Gasteiger partial charge is 0.480 e. The summed E-state index contributed by atoms with van der Waals surface area (Å²) in [6.07, 6.45) is 6.01. The van der Waals surface area contributed by atoms with Crippen LogP contribution in [0.3, 0.4) is 0 Å². The lowest BCUT2D eigenvalue weighted by molar-refractivity contribution is -0.147. The van der Waals surface area contributed by atoms with E-state index in [0.717, 1.165) is 38.8 Å². The maximum atomic E-state index is 11.5. The van der Waals surface area contributed by atoms with Crippen molar-refractivity contribution in [2.75, 3.05) is 20.1 Å². The number of hydrogen-bond acceptors (Lipinski definition) is 3. The zero-order valence-electron chi connectivity index (χ0n) is 12.0. The third-order valence-electron chi connectivity index (χ3n) is 4.33. The van der Waals surface area contributed by atoms with Gasteiger partial charge in [-0.05, 0) is 52.2 Å². The maximum absolute atomic E-state index is 11.5. The molecule has 1 fully saturated rings. The number of carboxylic acids is 1. The van der Waals surface area contributed by atoms with Crippen LogP contribution in [0.15, 0.2) is 0 Å². The molecular weight excluding hydrogens is 228 g/mol. The monoisotopic (exact) mass is 256 g/mol. The van der Waals surface area contributed by atoms with Gasteiger partial charge in [-0.1, -0.05) is 20.3 Å². The minimum atomic E-state index is -0.706. The Morgan fingerprint density at radius 2 is 2.22 bits per heavy atom. The van der Waals surface area contributed by atoms with E-state index < -0.39 is 11.5 Å². The van der Waals surface area contributed by atoms with E-state index in [4.69, 9.17) is 0 Å². The van der Waals surface area contributed by atoms with Gasteiger partial charge in [0.2, 0.25) is 0 Å². The number of nitrogens with one attached hydrogen (secondary N) is 1. The van der Waals surface area contributed by atoms with E-state index in [2.05, 4.69) is 24.1 Å². The molecule has 0 spiro atoms. The van der Waals surface area contributed by atoms with E-state index in [9.17, 15) is 9.90 Å². The number of likely N-dealkylation sites (N-methyl/N-ethyl adjacent to an activating group) is 1. The van der Waals surface area contributed by atoms with Crippen LogP contribution in [0.5, 0.6) is 0 Å². The molecule has 2 unspecified atom stereocenters. The summed E-state index contributed by atoms with van der Waals surface area (Å²) in [5.74, 6) is -0.693. The number of rotatable bonds is 7. The van der Waals surface area contributed by atoms with Crippen LogP contribution in [0, 0.1) is 0 Å². The highest BCUT2D eigenvalue weighted by molar-refractivity contribution is 5.79. The highest BCUT2D eigenvalue weighted by Crippen LogP contribution is 2.31. The van der Waals surface area contributed by atoms with Crippen LogP contribution in [0.4, 0.5) is 0 Å². The molecule has 1 aliphatic rings. The summed E-state index contributed by atoms with van der Waals surface area (Å²) in [4.78, 5) is 14.0. The highest BCUT2D eigenvalue weighted by atomic mass is 16.4. The van der Waals surface area contributed by atoms with Crippen molar-refractivity contribution in [2.45, 2.75) is 64.0 Å². The molecule has 0 radical (unpaired) electrons. The molecule has 0 aromatic heterocycles. The lowest BCUT2D eigenvalue weighted by Crippen LogP contribution is -2.57. The molecule has 0 amide bonds. The minimum absolute atomic E-state index is 0.416. The zero-order chi connectivity index (χ0) is 13.6. The Hall–Kier alpha value is -0.610. The van der Waals surface area contributed by atoms with Gasteiger partial charge in [0.15, 0.2) is 0 Å². The molecule has 0 aliphatic heterocycles. The van der Waals surface area contributed by atoms with Crippen molar-refractivity contribution in [3.05, 3.63) is 0 Å². The molecule has 4 nitrogen and oxygen atoms in total. The van der Waals surface area contributed by atoms with Crippen LogP contribution in [0.2, 0.25) is 0 Å². The van der Waals surface area contributed by atoms with Gasteiger partial charge >= 0.3 is 5.97 Å². The third kappa shape index (κ3) is 3.45. The Kier molecular flexibility index (Phi) is 6.09. The Balaban J connectivity index is 2.68. The Bertz CT molecular complexity index is 271. The smallest absolute Gasteiger partial charge is 0.323 e. The minimum Gasteiger partial charge on any atom is -0.480 e. The number of carbonyl (C=O) groups is 1. The van der Waals surface area contributed by atoms with E-state index >= 15 is 0 Å². The Morgan fingerprint density at radius 1 is 1.50 bits per heavy atom. The summed E-state index contributed by atoms with van der Waals surface area (Å²) in [5.41, 5.74) is -0.706. The predicted molar refractivity (Wildman–Crippen MR) is 73.8 cm³/mol. The normalized spacial score (nSPS) is 28.6. The van der Waals surface area contributed by atoms with Gasteiger partial charge < -0.3 is 15.3 Å². The first kappa shape index (κ1) is 15.4. The summed E-state index contributed by atoms with van der Waals surface area (Å²) in [5, 5.41) is 12.5. The quantitative estimate of drug-likeness (QED) is 0.732. The number of carboxylic acid groups (broad SMARTS) is 1. The van der Waals surface area contributed by atoms with Gasteiger partial charge in [0.25, 0.3) is 0 Å². The summed E-state index contributed by atoms with van der Waals surface area (Å²) in [6.45, 7) is 6.48. The summed E-state index contributed by atoms with van der Waals surface area (Å²) in [6, 6.07) is 0.416. The number of hydrogen-bond donors (Lipinski definition) is 2. The van der Waals surface area contributed by atoms with Gasteiger partial charge in [-0.2, -0.15) is 0 Å². The van der Waals surface area contributed by atoms with E-state index in [1.807, 2.05) is 0 Å². The maximum Gasteiger partial charge on any atom is 0.323 e. The molecule has 4 heteroatoms. The Morgan fingerprint density at radius 3 is 2.72 bits per heavy atom. The first-order valence-corrected chi connectivity index (χ1v) is 7.26. The number of unbranched alkanes of at least 4 members (excludes halogenated alkanes) is 1. The van der Waals surface area contributed by atoms with Gasteiger partial charge in [-0.3, -0.25) is 4.79 Å². The van der Waals surface area contributed by atoms with Gasteiger partial charge in [-0.25, -0.2) is 0 Å². The molecule has 2 N–H and O–H groups in total. The predicted octanol–water partition coefficient (Wildman–Crippen LogP) is 2.09. The van der Waals surface area contributed by atoms with Crippen LogP contribution >= 0.6 is 0 Å². The van der Waals surface area contributed by atoms with Crippen molar-refractivity contribution in [3.8, 4) is 0 Å². The van der Waals surface area contributed by atoms with E-state index in [1.165, 1.54) is 12.8 Å². The molecule has 2 atom stereocenters. The first-order valence-electron chi connectivity index (χ1n) is 7.26. The van der Waals surface area contributed by atoms with Crippen LogP contribution in [0.1, 0.15) is 52.4 Å². The van der Waals surface area contributed by atoms with Crippen molar-refractivity contribution < 1.29 is 9.90 Å². The second-order valence-electron chi connectivity index (χ2n) is 5.37. The molecule has 106 valence electrons. The fraction of sp³-hybridized carbons (Fsp3) is 0.929. The molecule has 1 saturated carbocycles. The van der Waals surface area contributed by atoms with E-state index in [0.29, 0.717) is 6.04 Å². The molecule has 1 aliphatic carbocycles. The van der Waals surface area contributed by atoms with Crippen LogP contribution in [-0.2, 0) is 4.79 Å². The standard InChI is InChI=1S/C14H28N2O2/c1-4-6-10-16(5-2)12-8-7-9-14(11-12,15-3)13(17)18/h12,15H,4-11H2,1-3H3,(H,17,18). The second-order valence-corrected chi connectivity index (χ2v) is 5.37. The van der Waals surface area contributed by atoms with Gasteiger partial charge in [0, 0.05) is 6.04 Å². The molecule has 0 saturated heterocycles. The van der Waals surface area contributed by atoms with Crippen LogP contribution < -0.4 is 5.32 Å². The summed E-state index contributed by atoms with van der Waals surface area (Å²) >= 11 is 0. The average Bonchev–Trinajstić information content (AvgIpc) is 2.39. The molecule has 18 heavy (non-hydrogen) atoms. The Labute approximate surface area is 111 Å². The molecule has 1 rings (SSSR count). The molecule has 0 aromatic rings. The van der Waals surface area contributed by atoms with Gasteiger partial charge in [0.05, 0.1) is 0 Å².